The van der Waals surface area contributed by atoms with Gasteiger partial charge in [0.1, 0.15) is 5.75 Å². The van der Waals surface area contributed by atoms with Crippen LogP contribution in [0.4, 0.5) is 5.69 Å². The molecule has 1 aromatic rings. The van der Waals surface area contributed by atoms with Crippen LogP contribution in [0.5, 0.6) is 5.75 Å². The topological polar surface area (TPSA) is 72.6 Å². The number of methoxy groups -OCH3 is 1. The van der Waals surface area contributed by atoms with Crippen LogP contribution in [0.3, 0.4) is 0 Å². The molecule has 0 aromatic heterocycles. The molecule has 1 rings (SSSR count). The number of benzene rings is 1. The Bertz CT molecular complexity index is 529. The lowest BCUT2D eigenvalue weighted by Gasteiger charge is -2.24. The van der Waals surface area contributed by atoms with Crippen molar-refractivity contribution < 1.29 is 13.2 Å². The minimum absolute atomic E-state index is 0.0430. The number of nitrogens with two attached hydrogens (primary N) is 1. The van der Waals surface area contributed by atoms with Gasteiger partial charge in [-0.25, -0.2) is 8.42 Å². The zero-order valence-electron chi connectivity index (χ0n) is 11.9. The van der Waals surface area contributed by atoms with Gasteiger partial charge >= 0.3 is 0 Å². The van der Waals surface area contributed by atoms with Gasteiger partial charge in [-0.1, -0.05) is 13.3 Å². The summed E-state index contributed by atoms with van der Waals surface area (Å²) in [5.74, 6) is 0.373. The molecule has 0 fully saturated rings. The lowest BCUT2D eigenvalue weighted by molar-refractivity contribution is 0.368. The number of hydrogen-bond donors (Lipinski definition) is 1. The van der Waals surface area contributed by atoms with Gasteiger partial charge in [0.05, 0.1) is 17.7 Å². The Morgan fingerprint density at radius 3 is 2.58 bits per heavy atom. The first-order chi connectivity index (χ1) is 8.84. The van der Waals surface area contributed by atoms with Crippen LogP contribution in [-0.2, 0) is 10.0 Å². The molecule has 0 heterocycles. The molecule has 0 radical (unpaired) electrons. The summed E-state index contributed by atoms with van der Waals surface area (Å²) in [7, 11) is -0.452. The molecule has 1 aromatic carbocycles. The highest BCUT2D eigenvalue weighted by Crippen LogP contribution is 2.27. The summed E-state index contributed by atoms with van der Waals surface area (Å²) in [5.41, 5.74) is 6.12. The summed E-state index contributed by atoms with van der Waals surface area (Å²) in [6.45, 7) is 3.93. The lowest BCUT2D eigenvalue weighted by Crippen LogP contribution is -2.35. The molecule has 6 heteroatoms. The van der Waals surface area contributed by atoms with E-state index in [1.54, 1.807) is 13.1 Å². The van der Waals surface area contributed by atoms with Crippen LogP contribution in [0.15, 0.2) is 23.1 Å². The third-order valence-electron chi connectivity index (χ3n) is 3.21. The summed E-state index contributed by atoms with van der Waals surface area (Å²) in [4.78, 5) is 0.198. The van der Waals surface area contributed by atoms with Crippen LogP contribution < -0.4 is 10.5 Å². The second-order valence-corrected chi connectivity index (χ2v) is 6.56. The molecular weight excluding hydrogens is 264 g/mol. The molecule has 0 aliphatic carbocycles. The summed E-state index contributed by atoms with van der Waals surface area (Å²) >= 11 is 0. The first-order valence-corrected chi connectivity index (χ1v) is 7.70. The number of ether oxygens (including phenoxy) is 1. The van der Waals surface area contributed by atoms with Gasteiger partial charge in [0.15, 0.2) is 0 Å². The maximum atomic E-state index is 12.5. The summed E-state index contributed by atoms with van der Waals surface area (Å²) in [5, 5.41) is 0. The monoisotopic (exact) mass is 286 g/mol. The second kappa shape index (κ2) is 6.25. The van der Waals surface area contributed by atoms with Crippen molar-refractivity contribution in [2.75, 3.05) is 19.9 Å². The van der Waals surface area contributed by atoms with Crippen molar-refractivity contribution in [1.29, 1.82) is 0 Å². The Kier molecular flexibility index (Phi) is 5.20. The molecule has 0 saturated heterocycles. The molecule has 0 spiro atoms. The Morgan fingerprint density at radius 1 is 1.42 bits per heavy atom. The van der Waals surface area contributed by atoms with E-state index in [1.807, 2.05) is 13.8 Å². The van der Waals surface area contributed by atoms with Gasteiger partial charge in [-0.3, -0.25) is 0 Å². The SMILES string of the molecule is CCCC(C)N(C)S(=O)(=O)c1ccc(N)c(OC)c1. The number of rotatable bonds is 6. The van der Waals surface area contributed by atoms with Gasteiger partial charge in [0, 0.05) is 19.2 Å². The maximum absolute atomic E-state index is 12.5. The minimum Gasteiger partial charge on any atom is -0.495 e. The zero-order chi connectivity index (χ0) is 14.6. The quantitative estimate of drug-likeness (QED) is 0.813. The van der Waals surface area contributed by atoms with Crippen LogP contribution in [-0.4, -0.2) is 32.9 Å². The van der Waals surface area contributed by atoms with Crippen LogP contribution >= 0.6 is 0 Å². The third kappa shape index (κ3) is 3.39. The van der Waals surface area contributed by atoms with E-state index in [9.17, 15) is 8.42 Å². The molecule has 19 heavy (non-hydrogen) atoms. The first-order valence-electron chi connectivity index (χ1n) is 6.26. The largest absolute Gasteiger partial charge is 0.495 e. The van der Waals surface area contributed by atoms with Crippen molar-refractivity contribution in [2.45, 2.75) is 37.6 Å². The van der Waals surface area contributed by atoms with Gasteiger partial charge in [0.2, 0.25) is 10.0 Å². The number of nitrogens with zero attached hydrogens (tertiary/aromatic N) is 1. The van der Waals surface area contributed by atoms with Gasteiger partial charge in [0.25, 0.3) is 0 Å². The first kappa shape index (κ1) is 15.8. The molecule has 0 amide bonds. The van der Waals surface area contributed by atoms with Crippen molar-refractivity contribution in [1.82, 2.24) is 4.31 Å². The molecule has 108 valence electrons. The van der Waals surface area contributed by atoms with E-state index in [2.05, 4.69) is 0 Å². The van der Waals surface area contributed by atoms with E-state index < -0.39 is 10.0 Å². The van der Waals surface area contributed by atoms with Crippen molar-refractivity contribution in [2.24, 2.45) is 0 Å². The van der Waals surface area contributed by atoms with E-state index in [4.69, 9.17) is 10.5 Å². The van der Waals surface area contributed by atoms with E-state index in [1.165, 1.54) is 23.5 Å². The molecular formula is C13H22N2O3S. The highest BCUT2D eigenvalue weighted by molar-refractivity contribution is 7.89. The van der Waals surface area contributed by atoms with Gasteiger partial charge in [-0.05, 0) is 25.5 Å². The summed E-state index contributed by atoms with van der Waals surface area (Å²) in [6, 6.07) is 4.46. The number of anilines is 1. The Labute approximate surface area is 115 Å². The third-order valence-corrected chi connectivity index (χ3v) is 5.18. The van der Waals surface area contributed by atoms with Crippen LogP contribution in [0, 0.1) is 0 Å². The number of nitrogen functional groups attached to an aromatic ring is 1. The Morgan fingerprint density at radius 2 is 2.05 bits per heavy atom. The summed E-state index contributed by atoms with van der Waals surface area (Å²) in [6.07, 6.45) is 1.76. The maximum Gasteiger partial charge on any atom is 0.243 e. The van der Waals surface area contributed by atoms with Crippen LogP contribution in [0.25, 0.3) is 0 Å². The van der Waals surface area contributed by atoms with E-state index >= 15 is 0 Å². The molecule has 0 saturated carbocycles. The number of hydrogen-bond acceptors (Lipinski definition) is 4. The van der Waals surface area contributed by atoms with E-state index in [-0.39, 0.29) is 10.9 Å². The van der Waals surface area contributed by atoms with Crippen molar-refractivity contribution in [3.05, 3.63) is 18.2 Å². The van der Waals surface area contributed by atoms with Crippen LogP contribution in [0.1, 0.15) is 26.7 Å². The Balaban J connectivity index is 3.13. The predicted molar refractivity (Wildman–Crippen MR) is 76.7 cm³/mol. The van der Waals surface area contributed by atoms with Crippen molar-refractivity contribution >= 4 is 15.7 Å². The molecule has 1 atom stereocenters. The molecule has 0 aliphatic rings. The normalized spacial score (nSPS) is 13.5. The van der Waals surface area contributed by atoms with Gasteiger partial charge in [-0.15, -0.1) is 0 Å². The molecule has 1 unspecified atom stereocenters. The predicted octanol–water partition coefficient (Wildman–Crippen LogP) is 2.09. The highest BCUT2D eigenvalue weighted by atomic mass is 32.2. The van der Waals surface area contributed by atoms with Crippen molar-refractivity contribution in [3.63, 3.8) is 0 Å². The van der Waals surface area contributed by atoms with Gasteiger partial charge in [-0.2, -0.15) is 4.31 Å². The molecule has 0 aliphatic heterocycles. The van der Waals surface area contributed by atoms with Crippen molar-refractivity contribution in [3.8, 4) is 5.75 Å². The zero-order valence-corrected chi connectivity index (χ0v) is 12.7. The average Bonchev–Trinajstić information content (AvgIpc) is 2.38. The fourth-order valence-corrected chi connectivity index (χ4v) is 3.26. The standard InChI is InChI=1S/C13H22N2O3S/c1-5-6-10(2)15(3)19(16,17)11-7-8-12(14)13(9-11)18-4/h7-10H,5-6,14H2,1-4H3. The lowest BCUT2D eigenvalue weighted by atomic mass is 10.2. The van der Waals surface area contributed by atoms with E-state index in [0.29, 0.717) is 11.4 Å². The summed E-state index contributed by atoms with van der Waals surface area (Å²) < 4.78 is 31.4. The second-order valence-electron chi connectivity index (χ2n) is 4.56. The number of sulfonamides is 1. The van der Waals surface area contributed by atoms with Crippen LogP contribution in [0.2, 0.25) is 0 Å². The highest BCUT2D eigenvalue weighted by Gasteiger charge is 2.25. The average molecular weight is 286 g/mol. The van der Waals surface area contributed by atoms with Gasteiger partial charge < -0.3 is 10.5 Å². The smallest absolute Gasteiger partial charge is 0.243 e. The molecule has 5 nitrogen and oxygen atoms in total. The minimum atomic E-state index is -3.51. The molecule has 2 N–H and O–H groups in total. The fourth-order valence-electron chi connectivity index (χ4n) is 1.85. The fraction of sp³-hybridized carbons (Fsp3) is 0.538. The van der Waals surface area contributed by atoms with E-state index in [0.717, 1.165) is 12.8 Å². The molecule has 0 bridgehead atoms. The Hall–Kier alpha value is -1.27.